The summed E-state index contributed by atoms with van der Waals surface area (Å²) in [5.41, 5.74) is 6.78. The lowest BCUT2D eigenvalue weighted by atomic mass is 10.2. The number of nitrogens with one attached hydrogen (secondary N) is 3. The maximum absolute atomic E-state index is 8.49. The highest BCUT2D eigenvalue weighted by atomic mass is 32.1. The van der Waals surface area contributed by atoms with Crippen molar-refractivity contribution in [2.45, 2.75) is 19.3 Å². The van der Waals surface area contributed by atoms with Crippen LogP contribution in [-0.2, 0) is 11.2 Å². The average Bonchev–Trinajstić information content (AvgIpc) is 3.01. The second-order valence-corrected chi connectivity index (χ2v) is 5.58. The van der Waals surface area contributed by atoms with Crippen molar-refractivity contribution in [3.63, 3.8) is 0 Å². The minimum atomic E-state index is 0.341. The third kappa shape index (κ3) is 8.30. The molecule has 10 heteroatoms. The van der Waals surface area contributed by atoms with Gasteiger partial charge < -0.3 is 26.4 Å². The smallest absolute Gasteiger partial charge is 0.209 e. The summed E-state index contributed by atoms with van der Waals surface area (Å²) in [6, 6.07) is 0. The van der Waals surface area contributed by atoms with E-state index < -0.39 is 0 Å². The first-order valence-electron chi connectivity index (χ1n) is 7.58. The minimum Gasteiger partial charge on any atom is -0.383 e. The fourth-order valence-electron chi connectivity index (χ4n) is 1.76. The molecule has 0 radical (unpaired) electrons. The molecule has 1 rings (SSSR count). The molecule has 9 nitrogen and oxygen atoms in total. The van der Waals surface area contributed by atoms with Gasteiger partial charge in [-0.05, 0) is 19.3 Å². The molecule has 1 aromatic heterocycles. The number of unbranched alkanes of at least 4 members (excludes halogenated alkanes) is 1. The molecule has 0 aliphatic heterocycles. The fraction of sp³-hybridized carbons (Fsp3) is 0.571. The highest BCUT2D eigenvalue weighted by Gasteiger charge is 2.03. The van der Waals surface area contributed by atoms with Crippen LogP contribution in [0.25, 0.3) is 0 Å². The molecule has 0 bridgehead atoms. The van der Waals surface area contributed by atoms with Crippen LogP contribution in [0.3, 0.4) is 0 Å². The molecule has 132 valence electrons. The van der Waals surface area contributed by atoms with Gasteiger partial charge in [0, 0.05) is 26.1 Å². The van der Waals surface area contributed by atoms with Gasteiger partial charge in [-0.1, -0.05) is 0 Å². The van der Waals surface area contributed by atoms with Crippen molar-refractivity contribution in [1.82, 2.24) is 15.6 Å². The summed E-state index contributed by atoms with van der Waals surface area (Å²) in [4.78, 5) is 12.2. The van der Waals surface area contributed by atoms with Crippen molar-refractivity contribution >= 4 is 28.4 Å². The summed E-state index contributed by atoms with van der Waals surface area (Å²) in [5, 5.41) is 20.1. The first kappa shape index (κ1) is 19.7. The van der Waals surface area contributed by atoms with Crippen LogP contribution in [-0.4, -0.2) is 50.8 Å². The number of hydrogen-bond acceptors (Lipinski definition) is 6. The summed E-state index contributed by atoms with van der Waals surface area (Å²) < 4.78 is 4.91. The number of nitrogens with two attached hydrogens (primary N) is 1. The second kappa shape index (κ2) is 12.1. The first-order chi connectivity index (χ1) is 11.7. The third-order valence-corrected chi connectivity index (χ3v) is 3.72. The van der Waals surface area contributed by atoms with E-state index in [-0.39, 0.29) is 0 Å². The Kier molecular flexibility index (Phi) is 9.91. The van der Waals surface area contributed by atoms with Gasteiger partial charge in [0.1, 0.15) is 0 Å². The van der Waals surface area contributed by atoms with Crippen LogP contribution in [0.5, 0.6) is 0 Å². The predicted molar refractivity (Wildman–Crippen MR) is 97.2 cm³/mol. The van der Waals surface area contributed by atoms with Gasteiger partial charge in [-0.25, -0.2) is 4.98 Å². The molecule has 0 aliphatic rings. The number of guanidine groups is 2. The Morgan fingerprint density at radius 1 is 1.50 bits per heavy atom. The minimum absolute atomic E-state index is 0.341. The quantitative estimate of drug-likeness (QED) is 0.220. The highest BCUT2D eigenvalue weighted by Crippen LogP contribution is 2.16. The van der Waals surface area contributed by atoms with Gasteiger partial charge in [-0.15, -0.1) is 16.3 Å². The van der Waals surface area contributed by atoms with E-state index in [1.54, 1.807) is 20.4 Å². The molecule has 0 aliphatic carbocycles. The van der Waals surface area contributed by atoms with Gasteiger partial charge >= 0.3 is 0 Å². The molecule has 0 amide bonds. The van der Waals surface area contributed by atoms with Gasteiger partial charge in [0.05, 0.1) is 18.8 Å². The summed E-state index contributed by atoms with van der Waals surface area (Å²) in [6.45, 7) is 1.80. The van der Waals surface area contributed by atoms with Crippen LogP contribution < -0.4 is 21.7 Å². The van der Waals surface area contributed by atoms with E-state index >= 15 is 0 Å². The number of aryl methyl sites for hydroxylation is 1. The normalized spacial score (nSPS) is 11.9. The standard InChI is InChI=1S/C14H24N8OS/c1-17-13(20-10-15)19-6-4-3-5-11-9-24-14(21-11)22-12(16)18-7-8-23-2/h9H,3-8H2,1-2H3,(H2,17,19,20)(H3,16,18,21,22). The molecule has 0 spiro atoms. The Morgan fingerprint density at radius 3 is 3.04 bits per heavy atom. The third-order valence-electron chi connectivity index (χ3n) is 2.92. The maximum Gasteiger partial charge on any atom is 0.209 e. The number of ether oxygens (including phenoxy) is 1. The lowest BCUT2D eigenvalue weighted by Crippen LogP contribution is -2.35. The molecule has 1 aromatic rings. The Balaban J connectivity index is 2.26. The monoisotopic (exact) mass is 352 g/mol. The van der Waals surface area contributed by atoms with Gasteiger partial charge in [0.15, 0.2) is 11.1 Å². The lowest BCUT2D eigenvalue weighted by Gasteiger charge is -2.06. The topological polar surface area (TPSA) is 133 Å². The van der Waals surface area contributed by atoms with E-state index in [1.807, 2.05) is 5.38 Å². The summed E-state index contributed by atoms with van der Waals surface area (Å²) >= 11 is 1.50. The molecule has 5 N–H and O–H groups in total. The van der Waals surface area contributed by atoms with E-state index in [9.17, 15) is 0 Å². The van der Waals surface area contributed by atoms with Crippen molar-refractivity contribution in [2.75, 3.05) is 39.2 Å². The number of anilines is 1. The Morgan fingerprint density at radius 2 is 2.33 bits per heavy atom. The van der Waals surface area contributed by atoms with Crippen molar-refractivity contribution in [1.29, 1.82) is 5.26 Å². The molecule has 0 fully saturated rings. The number of thiazole rings is 1. The number of nitriles is 1. The zero-order chi connectivity index (χ0) is 17.6. The van der Waals surface area contributed by atoms with Gasteiger partial charge in [0.2, 0.25) is 12.2 Å². The van der Waals surface area contributed by atoms with Gasteiger partial charge in [-0.2, -0.15) is 5.26 Å². The Bertz CT molecular complexity index is 578. The summed E-state index contributed by atoms with van der Waals surface area (Å²) in [5.74, 6) is 0.828. The van der Waals surface area contributed by atoms with Crippen molar-refractivity contribution in [2.24, 2.45) is 15.7 Å². The van der Waals surface area contributed by atoms with Crippen molar-refractivity contribution < 1.29 is 4.74 Å². The number of hydrogen-bond donors (Lipinski definition) is 4. The van der Waals surface area contributed by atoms with Crippen LogP contribution in [0.15, 0.2) is 15.4 Å². The molecular weight excluding hydrogens is 328 g/mol. The van der Waals surface area contributed by atoms with Gasteiger partial charge in [-0.3, -0.25) is 4.99 Å². The molecule has 0 atom stereocenters. The fourth-order valence-corrected chi connectivity index (χ4v) is 2.51. The molecular formula is C14H24N8OS. The van der Waals surface area contributed by atoms with Crippen LogP contribution in [0.1, 0.15) is 18.5 Å². The number of aliphatic imine (C=N–C) groups is 2. The predicted octanol–water partition coefficient (Wildman–Crippen LogP) is 0.485. The molecule has 0 aromatic carbocycles. The molecule has 0 saturated carbocycles. The van der Waals surface area contributed by atoms with Crippen LogP contribution in [0.4, 0.5) is 5.13 Å². The Hall–Kier alpha value is -2.38. The Labute approximate surface area is 146 Å². The SMILES string of the molecule is CN/C(=N/C#N)NCCCCc1csc(N/C(N)=N\CCOC)n1. The van der Waals surface area contributed by atoms with E-state index in [2.05, 4.69) is 30.9 Å². The van der Waals surface area contributed by atoms with E-state index in [0.29, 0.717) is 25.1 Å². The zero-order valence-electron chi connectivity index (χ0n) is 14.0. The number of nitrogens with zero attached hydrogens (tertiary/aromatic N) is 4. The van der Waals surface area contributed by atoms with Gasteiger partial charge in [0.25, 0.3) is 0 Å². The molecule has 0 saturated heterocycles. The largest absolute Gasteiger partial charge is 0.383 e. The van der Waals surface area contributed by atoms with Crippen molar-refractivity contribution in [3.05, 3.63) is 11.1 Å². The summed E-state index contributed by atoms with van der Waals surface area (Å²) in [6.07, 6.45) is 4.55. The number of rotatable bonds is 9. The van der Waals surface area contributed by atoms with E-state index in [0.717, 1.165) is 36.6 Å². The second-order valence-electron chi connectivity index (χ2n) is 4.72. The highest BCUT2D eigenvalue weighted by molar-refractivity contribution is 7.13. The van der Waals surface area contributed by atoms with Crippen LogP contribution >= 0.6 is 11.3 Å². The first-order valence-corrected chi connectivity index (χ1v) is 8.46. The van der Waals surface area contributed by atoms with E-state index in [1.165, 1.54) is 11.3 Å². The zero-order valence-corrected chi connectivity index (χ0v) is 14.8. The lowest BCUT2D eigenvalue weighted by molar-refractivity contribution is 0.208. The molecule has 1 heterocycles. The van der Waals surface area contributed by atoms with Crippen molar-refractivity contribution in [3.8, 4) is 6.19 Å². The number of aromatic nitrogens is 1. The van der Waals surface area contributed by atoms with E-state index in [4.69, 9.17) is 15.7 Å². The molecule has 24 heavy (non-hydrogen) atoms. The number of methoxy groups -OCH3 is 1. The average molecular weight is 352 g/mol. The summed E-state index contributed by atoms with van der Waals surface area (Å²) in [7, 11) is 3.34. The molecule has 0 unspecified atom stereocenters. The van der Waals surface area contributed by atoms with Crippen LogP contribution in [0.2, 0.25) is 0 Å². The van der Waals surface area contributed by atoms with Crippen LogP contribution in [0, 0.1) is 11.5 Å². The maximum atomic E-state index is 8.49.